The molecule has 0 aromatic carbocycles. The number of carbonyl (C=O) groups is 1. The first-order chi connectivity index (χ1) is 5.24. The zero-order chi connectivity index (χ0) is 8.27. The van der Waals surface area contributed by atoms with Crippen LogP contribution in [0.15, 0.2) is 12.2 Å². The molecule has 3 heteroatoms. The summed E-state index contributed by atoms with van der Waals surface area (Å²) >= 11 is 0. The lowest BCUT2D eigenvalue weighted by molar-refractivity contribution is -0.143. The smallest absolute Gasteiger partial charge is 0.323 e. The lowest BCUT2D eigenvalue weighted by atomic mass is 10.1. The van der Waals surface area contributed by atoms with Crippen LogP contribution in [0, 0.1) is 0 Å². The zero-order valence-corrected chi connectivity index (χ0v) is 6.83. The molecule has 1 N–H and O–H groups in total. The molecule has 0 bridgehead atoms. The van der Waals surface area contributed by atoms with Gasteiger partial charge in [0.2, 0.25) is 0 Å². The Hall–Kier alpha value is -0.830. The van der Waals surface area contributed by atoms with Crippen molar-refractivity contribution >= 4 is 5.97 Å². The Labute approximate surface area is 66.4 Å². The molecule has 1 aliphatic rings. The van der Waals surface area contributed by atoms with Gasteiger partial charge in [-0.05, 0) is 13.3 Å². The standard InChI is InChI=1S/C8H13NO2/c1-6-4-3-5-7(9-6)8(10)11-2/h3-4,6-7,9H,5H2,1-2H3/t6-,7+/m1/s1. The summed E-state index contributed by atoms with van der Waals surface area (Å²) in [5.74, 6) is -0.179. The van der Waals surface area contributed by atoms with Gasteiger partial charge >= 0.3 is 5.97 Å². The first kappa shape index (κ1) is 8.27. The van der Waals surface area contributed by atoms with Crippen LogP contribution in [0.3, 0.4) is 0 Å². The molecule has 1 heterocycles. The van der Waals surface area contributed by atoms with E-state index < -0.39 is 0 Å². The van der Waals surface area contributed by atoms with Crippen LogP contribution in [0.1, 0.15) is 13.3 Å². The highest BCUT2D eigenvalue weighted by atomic mass is 16.5. The monoisotopic (exact) mass is 155 g/mol. The molecule has 1 rings (SSSR count). The van der Waals surface area contributed by atoms with Crippen molar-refractivity contribution in [2.45, 2.75) is 25.4 Å². The van der Waals surface area contributed by atoms with Gasteiger partial charge in [-0.25, -0.2) is 0 Å². The highest BCUT2D eigenvalue weighted by Gasteiger charge is 2.20. The molecule has 1 aliphatic heterocycles. The maximum absolute atomic E-state index is 11.0. The summed E-state index contributed by atoms with van der Waals surface area (Å²) in [4.78, 5) is 11.0. The average Bonchev–Trinajstić information content (AvgIpc) is 2.03. The summed E-state index contributed by atoms with van der Waals surface area (Å²) in [6.45, 7) is 2.01. The lowest BCUT2D eigenvalue weighted by Crippen LogP contribution is -2.43. The number of esters is 1. The molecule has 0 aliphatic carbocycles. The third-order valence-corrected chi connectivity index (χ3v) is 1.75. The Morgan fingerprint density at radius 2 is 2.45 bits per heavy atom. The quantitative estimate of drug-likeness (QED) is 0.442. The fourth-order valence-electron chi connectivity index (χ4n) is 1.17. The minimum absolute atomic E-state index is 0.153. The summed E-state index contributed by atoms with van der Waals surface area (Å²) in [5.41, 5.74) is 0. The Balaban J connectivity index is 2.49. The van der Waals surface area contributed by atoms with E-state index in [1.54, 1.807) is 0 Å². The fraction of sp³-hybridized carbons (Fsp3) is 0.625. The summed E-state index contributed by atoms with van der Waals surface area (Å²) in [5, 5.41) is 3.11. The van der Waals surface area contributed by atoms with Gasteiger partial charge in [-0.1, -0.05) is 12.2 Å². The van der Waals surface area contributed by atoms with E-state index in [-0.39, 0.29) is 18.1 Å². The Morgan fingerprint density at radius 1 is 1.73 bits per heavy atom. The van der Waals surface area contributed by atoms with E-state index in [0.717, 1.165) is 6.42 Å². The van der Waals surface area contributed by atoms with Crippen molar-refractivity contribution in [3.63, 3.8) is 0 Å². The summed E-state index contributed by atoms with van der Waals surface area (Å²) in [6.07, 6.45) is 4.78. The van der Waals surface area contributed by atoms with Crippen LogP contribution in [-0.2, 0) is 9.53 Å². The van der Waals surface area contributed by atoms with E-state index in [2.05, 4.69) is 10.1 Å². The molecule has 11 heavy (non-hydrogen) atoms. The predicted octanol–water partition coefficient (Wildman–Crippen LogP) is 0.466. The topological polar surface area (TPSA) is 38.3 Å². The van der Waals surface area contributed by atoms with Crippen LogP contribution in [-0.4, -0.2) is 25.2 Å². The Morgan fingerprint density at radius 3 is 3.00 bits per heavy atom. The normalized spacial score (nSPS) is 30.0. The summed E-state index contributed by atoms with van der Waals surface area (Å²) in [7, 11) is 1.41. The average molecular weight is 155 g/mol. The SMILES string of the molecule is COC(=O)[C@@H]1CC=C[C@@H](C)N1. The van der Waals surface area contributed by atoms with Gasteiger partial charge in [0.1, 0.15) is 6.04 Å². The van der Waals surface area contributed by atoms with Gasteiger partial charge < -0.3 is 4.74 Å². The van der Waals surface area contributed by atoms with Crippen molar-refractivity contribution in [2.24, 2.45) is 0 Å². The summed E-state index contributed by atoms with van der Waals surface area (Å²) < 4.78 is 4.60. The number of carbonyl (C=O) groups excluding carboxylic acids is 1. The van der Waals surface area contributed by atoms with E-state index in [9.17, 15) is 4.79 Å². The summed E-state index contributed by atoms with van der Waals surface area (Å²) in [6, 6.07) is 0.118. The molecule has 0 fully saturated rings. The van der Waals surface area contributed by atoms with Crippen LogP contribution in [0.5, 0.6) is 0 Å². The Kier molecular flexibility index (Phi) is 2.65. The number of rotatable bonds is 1. The van der Waals surface area contributed by atoms with Crippen molar-refractivity contribution in [1.29, 1.82) is 0 Å². The van der Waals surface area contributed by atoms with Crippen LogP contribution in [0.2, 0.25) is 0 Å². The lowest BCUT2D eigenvalue weighted by Gasteiger charge is -2.21. The predicted molar refractivity (Wildman–Crippen MR) is 42.2 cm³/mol. The van der Waals surface area contributed by atoms with Crippen molar-refractivity contribution in [2.75, 3.05) is 7.11 Å². The van der Waals surface area contributed by atoms with Crippen molar-refractivity contribution in [3.05, 3.63) is 12.2 Å². The number of nitrogens with one attached hydrogen (secondary N) is 1. The van der Waals surface area contributed by atoms with E-state index in [0.29, 0.717) is 0 Å². The van der Waals surface area contributed by atoms with Crippen molar-refractivity contribution in [3.8, 4) is 0 Å². The number of methoxy groups -OCH3 is 1. The number of hydrogen-bond donors (Lipinski definition) is 1. The molecule has 2 atom stereocenters. The molecule has 3 nitrogen and oxygen atoms in total. The van der Waals surface area contributed by atoms with Gasteiger partial charge in [0.05, 0.1) is 7.11 Å². The van der Waals surface area contributed by atoms with Crippen LogP contribution in [0.25, 0.3) is 0 Å². The van der Waals surface area contributed by atoms with Gasteiger partial charge in [-0.2, -0.15) is 0 Å². The minimum atomic E-state index is -0.179. The molecule has 0 spiro atoms. The molecular weight excluding hydrogens is 142 g/mol. The zero-order valence-electron chi connectivity index (χ0n) is 6.83. The maximum atomic E-state index is 11.0. The number of ether oxygens (including phenoxy) is 1. The molecular formula is C8H13NO2. The van der Waals surface area contributed by atoms with Crippen LogP contribution in [0.4, 0.5) is 0 Å². The first-order valence-corrected chi connectivity index (χ1v) is 3.74. The van der Waals surface area contributed by atoms with E-state index in [1.807, 2.05) is 19.1 Å². The fourth-order valence-corrected chi connectivity index (χ4v) is 1.17. The highest BCUT2D eigenvalue weighted by Crippen LogP contribution is 2.05. The van der Waals surface area contributed by atoms with E-state index in [4.69, 9.17) is 0 Å². The molecule has 0 aromatic rings. The second-order valence-corrected chi connectivity index (χ2v) is 2.69. The van der Waals surface area contributed by atoms with Gasteiger partial charge in [-0.15, -0.1) is 0 Å². The largest absolute Gasteiger partial charge is 0.468 e. The third kappa shape index (κ3) is 2.05. The Bertz CT molecular complexity index is 177. The van der Waals surface area contributed by atoms with Crippen LogP contribution >= 0.6 is 0 Å². The molecule has 62 valence electrons. The van der Waals surface area contributed by atoms with Gasteiger partial charge in [0.15, 0.2) is 0 Å². The molecule has 0 amide bonds. The van der Waals surface area contributed by atoms with Gasteiger partial charge in [0.25, 0.3) is 0 Å². The van der Waals surface area contributed by atoms with Crippen molar-refractivity contribution < 1.29 is 9.53 Å². The molecule has 0 saturated heterocycles. The molecule has 0 saturated carbocycles. The number of hydrogen-bond acceptors (Lipinski definition) is 3. The van der Waals surface area contributed by atoms with Crippen molar-refractivity contribution in [1.82, 2.24) is 5.32 Å². The van der Waals surface area contributed by atoms with E-state index in [1.165, 1.54) is 7.11 Å². The molecule has 0 unspecified atom stereocenters. The minimum Gasteiger partial charge on any atom is -0.468 e. The van der Waals surface area contributed by atoms with Gasteiger partial charge in [-0.3, -0.25) is 10.1 Å². The van der Waals surface area contributed by atoms with E-state index >= 15 is 0 Å². The highest BCUT2D eigenvalue weighted by molar-refractivity contribution is 5.76. The molecule has 0 radical (unpaired) electrons. The second kappa shape index (κ2) is 3.53. The second-order valence-electron chi connectivity index (χ2n) is 2.69. The van der Waals surface area contributed by atoms with Crippen LogP contribution < -0.4 is 5.32 Å². The molecule has 0 aromatic heterocycles. The van der Waals surface area contributed by atoms with Gasteiger partial charge in [0, 0.05) is 6.04 Å². The first-order valence-electron chi connectivity index (χ1n) is 3.74. The third-order valence-electron chi connectivity index (χ3n) is 1.75. The maximum Gasteiger partial charge on any atom is 0.323 e.